The van der Waals surface area contributed by atoms with Gasteiger partial charge < -0.3 is 15.4 Å². The molecule has 1 fully saturated rings. The Kier molecular flexibility index (Phi) is 4.79. The predicted molar refractivity (Wildman–Crippen MR) is 93.4 cm³/mol. The van der Waals surface area contributed by atoms with Gasteiger partial charge in [0.1, 0.15) is 5.75 Å². The molecular weight excluding hydrogens is 304 g/mol. The Morgan fingerprint density at radius 1 is 1.04 bits per heavy atom. The van der Waals surface area contributed by atoms with Crippen molar-refractivity contribution in [3.8, 4) is 5.75 Å². The topological polar surface area (TPSA) is 67.4 Å². The molecule has 2 N–H and O–H groups in total. The fourth-order valence-corrected chi connectivity index (χ4v) is 2.59. The van der Waals surface area contributed by atoms with Crippen molar-refractivity contribution in [1.82, 2.24) is 0 Å². The van der Waals surface area contributed by atoms with Crippen molar-refractivity contribution < 1.29 is 14.3 Å². The molecule has 0 spiro atoms. The summed E-state index contributed by atoms with van der Waals surface area (Å²) in [6, 6.07) is 14.2. The van der Waals surface area contributed by atoms with Crippen molar-refractivity contribution in [3.05, 3.63) is 54.1 Å². The van der Waals surface area contributed by atoms with Gasteiger partial charge in [-0.05, 0) is 37.1 Å². The minimum Gasteiger partial charge on any atom is -0.497 e. The highest BCUT2D eigenvalue weighted by Crippen LogP contribution is 2.28. The van der Waals surface area contributed by atoms with Crippen LogP contribution in [0.4, 0.5) is 11.4 Å². The maximum absolute atomic E-state index is 12.6. The number of nitrogens with one attached hydrogen (secondary N) is 2. The van der Waals surface area contributed by atoms with E-state index in [1.54, 1.807) is 49.6 Å². The van der Waals surface area contributed by atoms with Crippen LogP contribution in [0.3, 0.4) is 0 Å². The molecule has 0 heterocycles. The highest BCUT2D eigenvalue weighted by atomic mass is 16.5. The maximum Gasteiger partial charge on any atom is 0.257 e. The monoisotopic (exact) mass is 324 g/mol. The molecule has 24 heavy (non-hydrogen) atoms. The zero-order valence-electron chi connectivity index (χ0n) is 13.5. The SMILES string of the molecule is COc1cccc(NC(=O)c2ccccc2NC(=O)C2CCC2)c1. The molecule has 0 aromatic heterocycles. The Hall–Kier alpha value is -2.82. The number of para-hydroxylation sites is 1. The molecule has 0 atom stereocenters. The number of hydrogen-bond donors (Lipinski definition) is 2. The molecule has 2 aromatic rings. The van der Waals surface area contributed by atoms with Crippen LogP contribution in [0.2, 0.25) is 0 Å². The zero-order valence-corrected chi connectivity index (χ0v) is 13.5. The normalized spacial score (nSPS) is 13.7. The third kappa shape index (κ3) is 3.56. The van der Waals surface area contributed by atoms with E-state index in [-0.39, 0.29) is 17.7 Å². The van der Waals surface area contributed by atoms with Gasteiger partial charge in [-0.25, -0.2) is 0 Å². The van der Waals surface area contributed by atoms with E-state index in [0.717, 1.165) is 19.3 Å². The molecule has 0 saturated heterocycles. The zero-order chi connectivity index (χ0) is 16.9. The lowest BCUT2D eigenvalue weighted by Gasteiger charge is -2.24. The standard InChI is InChI=1S/C19H20N2O3/c1-24-15-9-5-8-14(12-15)20-19(23)16-10-2-3-11-17(16)21-18(22)13-6-4-7-13/h2-3,5,8-13H,4,6-7H2,1H3,(H,20,23)(H,21,22). The van der Waals surface area contributed by atoms with Crippen molar-refractivity contribution in [2.24, 2.45) is 5.92 Å². The lowest BCUT2D eigenvalue weighted by atomic mass is 9.85. The van der Waals surface area contributed by atoms with Gasteiger partial charge in [-0.3, -0.25) is 9.59 Å². The second kappa shape index (κ2) is 7.17. The summed E-state index contributed by atoms with van der Waals surface area (Å²) in [4.78, 5) is 24.7. The number of benzene rings is 2. The smallest absolute Gasteiger partial charge is 0.257 e. The number of ether oxygens (including phenoxy) is 1. The van der Waals surface area contributed by atoms with Crippen molar-refractivity contribution in [2.45, 2.75) is 19.3 Å². The second-order valence-corrected chi connectivity index (χ2v) is 5.85. The number of hydrogen-bond acceptors (Lipinski definition) is 3. The Labute approximate surface area is 141 Å². The lowest BCUT2D eigenvalue weighted by Crippen LogP contribution is -2.29. The molecule has 0 radical (unpaired) electrons. The molecule has 124 valence electrons. The van der Waals surface area contributed by atoms with E-state index in [2.05, 4.69) is 10.6 Å². The van der Waals surface area contributed by atoms with E-state index in [9.17, 15) is 9.59 Å². The Balaban J connectivity index is 1.75. The molecular formula is C19H20N2O3. The summed E-state index contributed by atoms with van der Waals surface area (Å²) in [5.41, 5.74) is 1.61. The molecule has 0 bridgehead atoms. The third-order valence-corrected chi connectivity index (χ3v) is 4.23. The Bertz CT molecular complexity index is 754. The molecule has 5 heteroatoms. The van der Waals surface area contributed by atoms with Crippen LogP contribution in [0, 0.1) is 5.92 Å². The predicted octanol–water partition coefficient (Wildman–Crippen LogP) is 3.69. The number of anilines is 2. The number of carbonyl (C=O) groups excluding carboxylic acids is 2. The average Bonchev–Trinajstić information content (AvgIpc) is 2.53. The van der Waals surface area contributed by atoms with E-state index in [0.29, 0.717) is 22.7 Å². The van der Waals surface area contributed by atoms with Gasteiger partial charge in [0.05, 0.1) is 18.4 Å². The van der Waals surface area contributed by atoms with Crippen LogP contribution in [-0.2, 0) is 4.79 Å². The summed E-state index contributed by atoms with van der Waals surface area (Å²) in [5, 5.41) is 5.71. The van der Waals surface area contributed by atoms with Crippen LogP contribution in [0.15, 0.2) is 48.5 Å². The maximum atomic E-state index is 12.6. The largest absolute Gasteiger partial charge is 0.497 e. The van der Waals surface area contributed by atoms with Gasteiger partial charge in [-0.15, -0.1) is 0 Å². The minimum atomic E-state index is -0.271. The summed E-state index contributed by atoms with van der Waals surface area (Å²) < 4.78 is 5.16. The van der Waals surface area contributed by atoms with Gasteiger partial charge in [0, 0.05) is 17.7 Å². The van der Waals surface area contributed by atoms with Gasteiger partial charge in [0.25, 0.3) is 5.91 Å². The summed E-state index contributed by atoms with van der Waals surface area (Å²) in [6.45, 7) is 0. The lowest BCUT2D eigenvalue weighted by molar-refractivity contribution is -0.122. The molecule has 5 nitrogen and oxygen atoms in total. The first-order chi connectivity index (χ1) is 11.7. The Morgan fingerprint density at radius 3 is 2.54 bits per heavy atom. The molecule has 2 amide bonds. The summed E-state index contributed by atoms with van der Waals surface area (Å²) in [5.74, 6) is 0.453. The van der Waals surface area contributed by atoms with Crippen molar-refractivity contribution in [3.63, 3.8) is 0 Å². The third-order valence-electron chi connectivity index (χ3n) is 4.23. The Morgan fingerprint density at radius 2 is 1.83 bits per heavy atom. The van der Waals surface area contributed by atoms with Crippen LogP contribution >= 0.6 is 0 Å². The molecule has 2 aromatic carbocycles. The van der Waals surface area contributed by atoms with E-state index < -0.39 is 0 Å². The highest BCUT2D eigenvalue weighted by molar-refractivity contribution is 6.10. The molecule has 0 aliphatic heterocycles. The fraction of sp³-hybridized carbons (Fsp3) is 0.263. The van der Waals surface area contributed by atoms with Crippen molar-refractivity contribution in [1.29, 1.82) is 0 Å². The average molecular weight is 324 g/mol. The highest BCUT2D eigenvalue weighted by Gasteiger charge is 2.26. The first-order valence-electron chi connectivity index (χ1n) is 8.02. The van der Waals surface area contributed by atoms with Gasteiger partial charge in [0.2, 0.25) is 5.91 Å². The number of rotatable bonds is 5. The molecule has 1 aliphatic rings. The van der Waals surface area contributed by atoms with Gasteiger partial charge >= 0.3 is 0 Å². The fourth-order valence-electron chi connectivity index (χ4n) is 2.59. The van der Waals surface area contributed by atoms with Crippen LogP contribution < -0.4 is 15.4 Å². The minimum absolute atomic E-state index is 0.0112. The molecule has 1 saturated carbocycles. The molecule has 1 aliphatic carbocycles. The van der Waals surface area contributed by atoms with Crippen LogP contribution in [-0.4, -0.2) is 18.9 Å². The van der Waals surface area contributed by atoms with Gasteiger partial charge in [0.15, 0.2) is 0 Å². The number of carbonyl (C=O) groups is 2. The first-order valence-corrected chi connectivity index (χ1v) is 8.02. The van der Waals surface area contributed by atoms with Crippen molar-refractivity contribution >= 4 is 23.2 Å². The summed E-state index contributed by atoms with van der Waals surface area (Å²) in [6.07, 6.45) is 2.93. The van der Waals surface area contributed by atoms with E-state index >= 15 is 0 Å². The summed E-state index contributed by atoms with van der Waals surface area (Å²) in [7, 11) is 1.58. The van der Waals surface area contributed by atoms with Crippen LogP contribution in [0.25, 0.3) is 0 Å². The van der Waals surface area contributed by atoms with Gasteiger partial charge in [-0.1, -0.05) is 24.6 Å². The van der Waals surface area contributed by atoms with Gasteiger partial charge in [-0.2, -0.15) is 0 Å². The first kappa shape index (κ1) is 16.1. The number of amides is 2. The molecule has 0 unspecified atom stereocenters. The summed E-state index contributed by atoms with van der Waals surface area (Å²) >= 11 is 0. The second-order valence-electron chi connectivity index (χ2n) is 5.85. The van der Waals surface area contributed by atoms with E-state index in [4.69, 9.17) is 4.74 Å². The van der Waals surface area contributed by atoms with Crippen molar-refractivity contribution in [2.75, 3.05) is 17.7 Å². The number of methoxy groups -OCH3 is 1. The van der Waals surface area contributed by atoms with E-state index in [1.807, 2.05) is 6.07 Å². The van der Waals surface area contributed by atoms with E-state index in [1.165, 1.54) is 0 Å². The molecule has 3 rings (SSSR count). The van der Waals surface area contributed by atoms with Crippen LogP contribution in [0.1, 0.15) is 29.6 Å². The van der Waals surface area contributed by atoms with Crippen LogP contribution in [0.5, 0.6) is 5.75 Å². The quantitative estimate of drug-likeness (QED) is 0.881.